The third kappa shape index (κ3) is 186. The van der Waals surface area contributed by atoms with Crippen LogP contribution in [0.3, 0.4) is 0 Å². The van der Waals surface area contributed by atoms with Crippen LogP contribution in [-0.2, 0) is 19.2 Å². The standard InChI is InChI=1S/C5H12O.C4H9Br.C4H10O.C4H8O.CH2O3.CH4O.B.BrH.2K.Na.2H/c1-3-4-5-6-2;3*1-2-3-4-5;2-1-4-3;1-2;;;;;;;/h3-5H2,1-2H3;2-4H2,1H3;5H,2-4H2,1H3;4H,2-3H2,1H3;1,3H;2H,1H3;;1H;;;;;/q;;;;;;;;3*+1;2*-1/p-1. The van der Waals surface area contributed by atoms with Gasteiger partial charge in [-0.1, -0.05) is 62.9 Å². The Hall–Kier alpha value is 4.28. The molecule has 185 valence electrons. The number of carbonyl (C=O) groups is 2. The number of aliphatic hydroxyl groups is 2. The van der Waals surface area contributed by atoms with Crippen molar-refractivity contribution in [2.24, 2.45) is 0 Å². The van der Waals surface area contributed by atoms with E-state index in [-0.39, 0.29) is 167 Å². The third-order valence-corrected chi connectivity index (χ3v) is 2.71. The van der Waals surface area contributed by atoms with E-state index < -0.39 is 0 Å². The molecule has 0 aromatic heterocycles. The Bertz CT molecular complexity index is 210. The van der Waals surface area contributed by atoms with Crippen molar-refractivity contribution in [3.05, 3.63) is 0 Å². The second kappa shape index (κ2) is 112. The minimum atomic E-state index is -0.181. The van der Waals surface area contributed by atoms with Gasteiger partial charge in [0.05, 0.1) is 0 Å². The van der Waals surface area contributed by atoms with Gasteiger partial charge in [0.1, 0.15) is 6.29 Å². The number of ether oxygens (including phenoxy) is 1. The zero-order chi connectivity index (χ0) is 22.6. The average Bonchev–Trinajstić information content (AvgIpc) is 2.71. The Morgan fingerprint density at radius 2 is 1.31 bits per heavy atom. The number of hydrogen-bond donors (Lipinski definition) is 2. The number of methoxy groups -OCH3 is 1. The second-order valence-electron chi connectivity index (χ2n) is 4.61. The molecule has 0 aliphatic rings. The van der Waals surface area contributed by atoms with Gasteiger partial charge < -0.3 is 32.7 Å². The number of rotatable bonds is 10. The molecule has 32 heavy (non-hydrogen) atoms. The van der Waals surface area contributed by atoms with Crippen LogP contribution in [0.1, 0.15) is 81.9 Å². The van der Waals surface area contributed by atoms with Gasteiger partial charge in [0.2, 0.25) is 0 Å². The van der Waals surface area contributed by atoms with Crippen molar-refractivity contribution >= 4 is 54.1 Å². The van der Waals surface area contributed by atoms with Crippen LogP contribution in [0.15, 0.2) is 0 Å². The summed E-state index contributed by atoms with van der Waals surface area (Å²) in [4.78, 5) is 20.7. The number of carbonyl (C=O) groups excluding carboxylic acids is 2. The largest absolute Gasteiger partial charge is 1.00 e. The van der Waals surface area contributed by atoms with Gasteiger partial charge in [-0.2, -0.15) is 0 Å². The molecule has 0 unspecified atom stereocenters. The van der Waals surface area contributed by atoms with E-state index in [1.807, 2.05) is 6.92 Å². The number of unbranched alkanes of at least 4 members (excludes halogenated alkanes) is 4. The smallest absolute Gasteiger partial charge is 1.00 e. The van der Waals surface area contributed by atoms with Crippen LogP contribution in [0.2, 0.25) is 0 Å². The Labute approximate surface area is 329 Å². The predicted octanol–water partition coefficient (Wildman–Crippen LogP) is -5.14. The van der Waals surface area contributed by atoms with Crippen LogP contribution < -0.4 is 138 Å². The van der Waals surface area contributed by atoms with Crippen molar-refractivity contribution in [1.29, 1.82) is 0 Å². The summed E-state index contributed by atoms with van der Waals surface area (Å²) in [6.07, 6.45) is 9.68. The third-order valence-electron chi connectivity index (χ3n) is 2.15. The van der Waals surface area contributed by atoms with E-state index in [9.17, 15) is 4.79 Å². The van der Waals surface area contributed by atoms with Gasteiger partial charge in [-0.05, 0) is 25.7 Å². The molecule has 0 saturated carbocycles. The Morgan fingerprint density at radius 3 is 1.34 bits per heavy atom. The first kappa shape index (κ1) is 70.7. The fourth-order valence-corrected chi connectivity index (χ4v) is 1.26. The van der Waals surface area contributed by atoms with E-state index in [2.05, 4.69) is 41.6 Å². The Kier molecular flexibility index (Phi) is 246. The van der Waals surface area contributed by atoms with Gasteiger partial charge in [0, 0.05) is 47.6 Å². The number of halogens is 2. The Morgan fingerprint density at radius 1 is 0.938 bits per heavy atom. The summed E-state index contributed by atoms with van der Waals surface area (Å²) in [6, 6.07) is 0. The maximum absolute atomic E-state index is 9.40. The van der Waals surface area contributed by atoms with Gasteiger partial charge in [-0.15, -0.1) is 17.0 Å². The van der Waals surface area contributed by atoms with Crippen LogP contribution in [-0.4, -0.2) is 64.1 Å². The van der Waals surface area contributed by atoms with Crippen LogP contribution in [0.25, 0.3) is 0 Å². The molecule has 0 aliphatic carbocycles. The van der Waals surface area contributed by atoms with E-state index in [0.29, 0.717) is 13.0 Å². The molecular weight excluding hydrogens is 612 g/mol. The number of alkyl halides is 1. The van der Waals surface area contributed by atoms with Crippen LogP contribution >= 0.6 is 32.9 Å². The molecule has 0 rings (SSSR count). The molecule has 0 amide bonds. The van der Waals surface area contributed by atoms with Crippen molar-refractivity contribution in [1.82, 2.24) is 0 Å². The Balaban J connectivity index is -0.0000000138. The molecule has 0 aliphatic heterocycles. The molecule has 3 radical (unpaired) electrons. The van der Waals surface area contributed by atoms with Crippen LogP contribution in [0.5, 0.6) is 0 Å². The van der Waals surface area contributed by atoms with E-state index in [0.717, 1.165) is 44.6 Å². The van der Waals surface area contributed by atoms with Crippen molar-refractivity contribution in [2.75, 3.05) is 32.8 Å². The summed E-state index contributed by atoms with van der Waals surface area (Å²) in [6.45, 7) is 9.44. The van der Waals surface area contributed by atoms with Gasteiger partial charge in [-0.25, -0.2) is 0 Å². The zero-order valence-electron chi connectivity index (χ0n) is 24.2. The minimum Gasteiger partial charge on any atom is -1.00 e. The molecule has 0 aromatic carbocycles. The zero-order valence-corrected chi connectivity index (χ0v) is 33.8. The maximum atomic E-state index is 9.40. The first-order chi connectivity index (χ1) is 13.1. The SMILES string of the molecule is Br.CCCC=O.CCCCBr.CCCCO.CCCCOC.CO.O=CO[O-].[B].[H-].[H-].[K+].[K+].[Na+]. The van der Waals surface area contributed by atoms with Gasteiger partial charge in [0.15, 0.2) is 0 Å². The number of aliphatic hydroxyl groups excluding tert-OH is 2. The summed E-state index contributed by atoms with van der Waals surface area (Å²) in [5.74, 6) is 0. The molecule has 0 aromatic rings. The summed E-state index contributed by atoms with van der Waals surface area (Å²) in [5.41, 5.74) is 0. The summed E-state index contributed by atoms with van der Waals surface area (Å²) in [7, 11) is 2.73. The summed E-state index contributed by atoms with van der Waals surface area (Å²) in [5, 5.41) is 24.7. The van der Waals surface area contributed by atoms with Crippen LogP contribution in [0.4, 0.5) is 0 Å². The average molecular weight is 659 g/mol. The molecule has 0 saturated heterocycles. The topological polar surface area (TPSA) is 116 Å². The molecule has 0 atom stereocenters. The fraction of sp³-hybridized carbons (Fsp3) is 0.895. The minimum absolute atomic E-state index is 0. The van der Waals surface area contributed by atoms with Crippen molar-refractivity contribution in [2.45, 2.75) is 79.1 Å². The molecule has 0 heterocycles. The maximum Gasteiger partial charge on any atom is 1.00 e. The van der Waals surface area contributed by atoms with Crippen molar-refractivity contribution < 1.29 is 170 Å². The first-order valence-corrected chi connectivity index (χ1v) is 10.5. The quantitative estimate of drug-likeness (QED) is 0.0603. The van der Waals surface area contributed by atoms with Gasteiger partial charge in [0.25, 0.3) is 6.47 Å². The molecule has 0 spiro atoms. The van der Waals surface area contributed by atoms with Gasteiger partial charge >= 0.3 is 132 Å². The molecule has 2 N–H and O–H groups in total. The predicted molar refractivity (Wildman–Crippen MR) is 132 cm³/mol. The monoisotopic (exact) mass is 657 g/mol. The number of aldehydes is 1. The van der Waals surface area contributed by atoms with Gasteiger partial charge in [-0.3, -0.25) is 4.79 Å². The normalized spacial score (nSPS) is 6.31. The van der Waals surface area contributed by atoms with Crippen molar-refractivity contribution in [3.8, 4) is 0 Å². The summed E-state index contributed by atoms with van der Waals surface area (Å²) >= 11 is 3.31. The first-order valence-electron chi connectivity index (χ1n) is 9.34. The van der Waals surface area contributed by atoms with E-state index >= 15 is 0 Å². The van der Waals surface area contributed by atoms with E-state index in [1.54, 1.807) is 7.11 Å². The fourth-order valence-electron chi connectivity index (χ4n) is 0.698. The molecule has 0 fully saturated rings. The number of hydrogen-bond acceptors (Lipinski definition) is 7. The molecule has 0 bridgehead atoms. The molecular formula is C19H47BBr2K2NaO7. The summed E-state index contributed by atoms with van der Waals surface area (Å²) < 4.78 is 4.78. The van der Waals surface area contributed by atoms with E-state index in [4.69, 9.17) is 25.0 Å². The molecule has 7 nitrogen and oxygen atoms in total. The van der Waals surface area contributed by atoms with E-state index in [1.165, 1.54) is 25.7 Å². The van der Waals surface area contributed by atoms with Crippen LogP contribution in [0, 0.1) is 0 Å². The molecule has 13 heteroatoms. The second-order valence-corrected chi connectivity index (χ2v) is 5.41. The van der Waals surface area contributed by atoms with Crippen molar-refractivity contribution in [3.63, 3.8) is 0 Å².